The van der Waals surface area contributed by atoms with Crippen molar-refractivity contribution in [2.45, 2.75) is 6.92 Å². The number of hydrogen-bond acceptors (Lipinski definition) is 1. The molecule has 0 bridgehead atoms. The summed E-state index contributed by atoms with van der Waals surface area (Å²) in [6.07, 6.45) is 0. The van der Waals surface area contributed by atoms with Crippen LogP contribution in [0.15, 0.2) is 24.3 Å². The lowest BCUT2D eigenvalue weighted by Crippen LogP contribution is -1.91. The zero-order chi connectivity index (χ0) is 13.4. The van der Waals surface area contributed by atoms with Crippen LogP contribution in [0.2, 0.25) is 20.1 Å². The van der Waals surface area contributed by atoms with Crippen LogP contribution in [0.3, 0.4) is 0 Å². The highest BCUT2D eigenvalue weighted by molar-refractivity contribution is 6.50. The van der Waals surface area contributed by atoms with Crippen LogP contribution >= 0.6 is 46.4 Å². The molecule has 0 aromatic heterocycles. The van der Waals surface area contributed by atoms with E-state index >= 15 is 0 Å². The van der Waals surface area contributed by atoms with Gasteiger partial charge in [-0.2, -0.15) is 0 Å². The zero-order valence-electron chi connectivity index (χ0n) is 9.40. The van der Waals surface area contributed by atoms with Crippen LogP contribution in [0.4, 0.5) is 5.69 Å². The molecule has 1 nitrogen and oxygen atoms in total. The Labute approximate surface area is 125 Å². The standard InChI is InChI=1S/C13H9Cl4N/c1-6-4-7(18)2-3-8(6)11-12(16)9(14)5-10(15)13(11)17/h2-5H,18H2,1H3. The molecule has 0 spiro atoms. The number of nitrogens with two attached hydrogens (primary N) is 1. The molecule has 0 atom stereocenters. The van der Waals surface area contributed by atoms with Crippen LogP contribution in [0.1, 0.15) is 5.56 Å². The molecule has 18 heavy (non-hydrogen) atoms. The van der Waals surface area contributed by atoms with E-state index in [1.165, 1.54) is 6.07 Å². The molecule has 94 valence electrons. The SMILES string of the molecule is Cc1cc(N)ccc1-c1c(Cl)c(Cl)cc(Cl)c1Cl. The molecule has 2 aromatic carbocycles. The average Bonchev–Trinajstić information content (AvgIpc) is 2.29. The second-order valence-corrected chi connectivity index (χ2v) is 5.49. The van der Waals surface area contributed by atoms with E-state index in [0.29, 0.717) is 31.3 Å². The molecule has 0 fully saturated rings. The molecule has 0 unspecified atom stereocenters. The molecule has 0 aliphatic rings. The average molecular weight is 321 g/mol. The Balaban J connectivity index is 2.78. The summed E-state index contributed by atoms with van der Waals surface area (Å²) in [4.78, 5) is 0. The summed E-state index contributed by atoms with van der Waals surface area (Å²) in [5.41, 5.74) is 8.85. The largest absolute Gasteiger partial charge is 0.399 e. The van der Waals surface area contributed by atoms with Gasteiger partial charge in [0.05, 0.1) is 20.1 Å². The van der Waals surface area contributed by atoms with Crippen molar-refractivity contribution in [3.63, 3.8) is 0 Å². The Kier molecular flexibility index (Phi) is 3.98. The minimum atomic E-state index is 0.372. The Morgan fingerprint density at radius 1 is 0.889 bits per heavy atom. The van der Waals surface area contributed by atoms with Crippen molar-refractivity contribution < 1.29 is 0 Å². The lowest BCUT2D eigenvalue weighted by atomic mass is 10.00. The monoisotopic (exact) mass is 319 g/mol. The van der Waals surface area contributed by atoms with Gasteiger partial charge >= 0.3 is 0 Å². The summed E-state index contributed by atoms with van der Waals surface area (Å²) in [6.45, 7) is 1.92. The molecule has 0 aliphatic heterocycles. The minimum Gasteiger partial charge on any atom is -0.399 e. The van der Waals surface area contributed by atoms with E-state index in [1.807, 2.05) is 19.1 Å². The second kappa shape index (κ2) is 5.18. The molecular weight excluding hydrogens is 312 g/mol. The first-order valence-electron chi connectivity index (χ1n) is 5.11. The van der Waals surface area contributed by atoms with Gasteiger partial charge in [-0.1, -0.05) is 52.5 Å². The fourth-order valence-electron chi connectivity index (χ4n) is 1.78. The predicted molar refractivity (Wildman–Crippen MR) is 81.1 cm³/mol. The molecule has 0 heterocycles. The molecule has 2 rings (SSSR count). The van der Waals surface area contributed by atoms with Gasteiger partial charge in [0, 0.05) is 11.3 Å². The maximum absolute atomic E-state index is 6.21. The highest BCUT2D eigenvalue weighted by Gasteiger charge is 2.17. The van der Waals surface area contributed by atoms with Crippen LogP contribution < -0.4 is 5.73 Å². The normalized spacial score (nSPS) is 10.7. The number of aryl methyl sites for hydroxylation is 1. The second-order valence-electron chi connectivity index (χ2n) is 3.92. The maximum Gasteiger partial charge on any atom is 0.0686 e. The molecule has 0 aliphatic carbocycles. The van der Waals surface area contributed by atoms with E-state index in [-0.39, 0.29) is 0 Å². The van der Waals surface area contributed by atoms with Gasteiger partial charge in [0.15, 0.2) is 0 Å². The van der Waals surface area contributed by atoms with E-state index < -0.39 is 0 Å². The first-order chi connectivity index (χ1) is 8.41. The van der Waals surface area contributed by atoms with Crippen molar-refractivity contribution in [3.8, 4) is 11.1 Å². The maximum atomic E-state index is 6.21. The number of halogens is 4. The minimum absolute atomic E-state index is 0.372. The van der Waals surface area contributed by atoms with Crippen molar-refractivity contribution >= 4 is 52.1 Å². The predicted octanol–water partition coefficient (Wildman–Crippen LogP) is 5.86. The number of anilines is 1. The van der Waals surface area contributed by atoms with Crippen molar-refractivity contribution in [1.82, 2.24) is 0 Å². The molecule has 2 aromatic rings. The Morgan fingerprint density at radius 2 is 1.44 bits per heavy atom. The third-order valence-electron chi connectivity index (χ3n) is 2.63. The van der Waals surface area contributed by atoms with Gasteiger partial charge in [0.25, 0.3) is 0 Å². The van der Waals surface area contributed by atoms with Crippen LogP contribution in [-0.2, 0) is 0 Å². The number of rotatable bonds is 1. The van der Waals surface area contributed by atoms with Crippen molar-refractivity contribution in [3.05, 3.63) is 49.9 Å². The number of hydrogen-bond donors (Lipinski definition) is 1. The van der Waals surface area contributed by atoms with E-state index in [4.69, 9.17) is 52.1 Å². The van der Waals surface area contributed by atoms with Crippen LogP contribution in [0.25, 0.3) is 11.1 Å². The summed E-state index contributed by atoms with van der Waals surface area (Å²) in [5, 5.41) is 1.52. The van der Waals surface area contributed by atoms with E-state index in [9.17, 15) is 0 Å². The van der Waals surface area contributed by atoms with Gasteiger partial charge in [-0.25, -0.2) is 0 Å². The molecular formula is C13H9Cl4N. The molecule has 2 N–H and O–H groups in total. The molecule has 0 radical (unpaired) electrons. The van der Waals surface area contributed by atoms with Crippen molar-refractivity contribution in [1.29, 1.82) is 0 Å². The third kappa shape index (κ3) is 2.41. The van der Waals surface area contributed by atoms with Crippen molar-refractivity contribution in [2.24, 2.45) is 0 Å². The Hall–Kier alpha value is -0.600. The summed E-state index contributed by atoms with van der Waals surface area (Å²) >= 11 is 24.5. The van der Waals surface area contributed by atoms with Gasteiger partial charge < -0.3 is 5.73 Å². The van der Waals surface area contributed by atoms with E-state index in [2.05, 4.69) is 0 Å². The molecule has 5 heteroatoms. The van der Waals surface area contributed by atoms with E-state index in [1.54, 1.807) is 6.07 Å². The highest BCUT2D eigenvalue weighted by Crippen LogP contribution is 2.44. The van der Waals surface area contributed by atoms with Crippen LogP contribution in [0, 0.1) is 6.92 Å². The van der Waals surface area contributed by atoms with Gasteiger partial charge in [0.1, 0.15) is 0 Å². The first kappa shape index (κ1) is 13.8. The summed E-state index contributed by atoms with van der Waals surface area (Å²) in [6, 6.07) is 7.01. The lowest BCUT2D eigenvalue weighted by Gasteiger charge is -2.13. The quantitative estimate of drug-likeness (QED) is 0.517. The molecule has 0 saturated carbocycles. The van der Waals surface area contributed by atoms with Gasteiger partial charge in [-0.3, -0.25) is 0 Å². The van der Waals surface area contributed by atoms with Gasteiger partial charge in [0.2, 0.25) is 0 Å². The highest BCUT2D eigenvalue weighted by atomic mass is 35.5. The third-order valence-corrected chi connectivity index (χ3v) is 4.21. The van der Waals surface area contributed by atoms with E-state index in [0.717, 1.165) is 11.1 Å². The molecule has 0 saturated heterocycles. The Bertz CT molecular complexity index is 597. The Morgan fingerprint density at radius 3 is 1.94 bits per heavy atom. The summed E-state index contributed by atoms with van der Waals surface area (Å²) < 4.78 is 0. The van der Waals surface area contributed by atoms with Gasteiger partial charge in [-0.05, 0) is 36.2 Å². The fraction of sp³-hybridized carbons (Fsp3) is 0.0769. The summed E-state index contributed by atoms with van der Waals surface area (Å²) in [5.74, 6) is 0. The van der Waals surface area contributed by atoms with Gasteiger partial charge in [-0.15, -0.1) is 0 Å². The number of benzene rings is 2. The smallest absolute Gasteiger partial charge is 0.0686 e. The topological polar surface area (TPSA) is 26.0 Å². The lowest BCUT2D eigenvalue weighted by molar-refractivity contribution is 1.46. The zero-order valence-corrected chi connectivity index (χ0v) is 12.4. The molecule has 0 amide bonds. The number of nitrogen functional groups attached to an aromatic ring is 1. The fourth-order valence-corrected chi connectivity index (χ4v) is 2.79. The summed E-state index contributed by atoms with van der Waals surface area (Å²) in [7, 11) is 0. The van der Waals surface area contributed by atoms with Crippen LogP contribution in [0.5, 0.6) is 0 Å². The first-order valence-corrected chi connectivity index (χ1v) is 6.62. The van der Waals surface area contributed by atoms with Crippen LogP contribution in [-0.4, -0.2) is 0 Å². The van der Waals surface area contributed by atoms with Crippen molar-refractivity contribution in [2.75, 3.05) is 5.73 Å².